The van der Waals surface area contributed by atoms with Crippen LogP contribution in [-0.2, 0) is 11.3 Å². The van der Waals surface area contributed by atoms with Crippen molar-refractivity contribution in [3.8, 4) is 16.9 Å². The van der Waals surface area contributed by atoms with Gasteiger partial charge in [0.05, 0.1) is 12.9 Å². The molecule has 1 N–H and O–H groups in total. The summed E-state index contributed by atoms with van der Waals surface area (Å²) in [5, 5.41) is 6.37. The first-order valence-corrected chi connectivity index (χ1v) is 12.6. The van der Waals surface area contributed by atoms with Gasteiger partial charge in [-0.1, -0.05) is 66.2 Å². The van der Waals surface area contributed by atoms with Crippen LogP contribution in [0.3, 0.4) is 0 Å². The van der Waals surface area contributed by atoms with Crippen LogP contribution >= 0.6 is 0 Å². The molecule has 0 saturated heterocycles. The first-order valence-electron chi connectivity index (χ1n) is 12.6. The molecule has 0 atom stereocenters. The Labute approximate surface area is 217 Å². The van der Waals surface area contributed by atoms with Gasteiger partial charge in [0.2, 0.25) is 5.91 Å². The number of fused-ring (bicyclic) bond motifs is 2. The minimum Gasteiger partial charge on any atom is -0.493 e. The summed E-state index contributed by atoms with van der Waals surface area (Å²) in [4.78, 5) is 12.8. The number of carbonyl (C=O) groups excluding carboxylic acids is 1. The molecule has 0 aliphatic heterocycles. The molecule has 4 nitrogen and oxygen atoms in total. The van der Waals surface area contributed by atoms with E-state index in [0.29, 0.717) is 13.2 Å². The first-order chi connectivity index (χ1) is 17.9. The maximum absolute atomic E-state index is 12.8. The molecule has 1 amide bonds. The SMILES string of the molecule is CCOc1c(/C(C)=C/C(=O)NCc2ccc(C)cc2)cc2c(-c3ccc4ccccc4c3)coc2c1C. The number of hydrogen-bond donors (Lipinski definition) is 1. The summed E-state index contributed by atoms with van der Waals surface area (Å²) in [5.74, 6) is 0.606. The van der Waals surface area contributed by atoms with Gasteiger partial charge < -0.3 is 14.5 Å². The Hall–Kier alpha value is -4.31. The van der Waals surface area contributed by atoms with Crippen molar-refractivity contribution >= 4 is 33.2 Å². The molecule has 37 heavy (non-hydrogen) atoms. The van der Waals surface area contributed by atoms with E-state index in [0.717, 1.165) is 50.1 Å². The highest BCUT2D eigenvalue weighted by Gasteiger charge is 2.19. The zero-order valence-corrected chi connectivity index (χ0v) is 21.7. The van der Waals surface area contributed by atoms with E-state index in [2.05, 4.69) is 48.6 Å². The summed E-state index contributed by atoms with van der Waals surface area (Å²) in [6, 6.07) is 25.0. The van der Waals surface area contributed by atoms with Crippen LogP contribution in [0.25, 0.3) is 38.4 Å². The van der Waals surface area contributed by atoms with Crippen molar-refractivity contribution < 1.29 is 13.9 Å². The lowest BCUT2D eigenvalue weighted by atomic mass is 9.95. The summed E-state index contributed by atoms with van der Waals surface area (Å²) >= 11 is 0. The Morgan fingerprint density at radius 1 is 0.973 bits per heavy atom. The van der Waals surface area contributed by atoms with Crippen LogP contribution in [0, 0.1) is 13.8 Å². The van der Waals surface area contributed by atoms with Crippen LogP contribution in [0.1, 0.15) is 36.1 Å². The van der Waals surface area contributed by atoms with Gasteiger partial charge in [0.15, 0.2) is 0 Å². The van der Waals surface area contributed by atoms with Gasteiger partial charge in [-0.25, -0.2) is 0 Å². The molecule has 1 aromatic heterocycles. The molecule has 4 aromatic carbocycles. The molecular formula is C33H31NO3. The molecule has 0 bridgehead atoms. The summed E-state index contributed by atoms with van der Waals surface area (Å²) in [7, 11) is 0. The van der Waals surface area contributed by atoms with Crippen molar-refractivity contribution in [2.45, 2.75) is 34.2 Å². The Morgan fingerprint density at radius 2 is 1.73 bits per heavy atom. The Kier molecular flexibility index (Phi) is 6.82. The fourth-order valence-corrected chi connectivity index (χ4v) is 4.74. The van der Waals surface area contributed by atoms with Crippen molar-refractivity contribution in [1.82, 2.24) is 5.32 Å². The number of ether oxygens (including phenoxy) is 1. The molecule has 0 aliphatic rings. The van der Waals surface area contributed by atoms with Crippen molar-refractivity contribution in [2.24, 2.45) is 0 Å². The zero-order chi connectivity index (χ0) is 25.9. The maximum Gasteiger partial charge on any atom is 0.244 e. The second kappa shape index (κ2) is 10.4. The molecule has 5 rings (SSSR count). The Balaban J connectivity index is 1.52. The lowest BCUT2D eigenvalue weighted by Crippen LogP contribution is -2.20. The van der Waals surface area contributed by atoms with Crippen LogP contribution in [0.15, 0.2) is 89.6 Å². The van der Waals surface area contributed by atoms with Crippen LogP contribution in [0.2, 0.25) is 0 Å². The zero-order valence-electron chi connectivity index (χ0n) is 21.7. The highest BCUT2D eigenvalue weighted by Crippen LogP contribution is 2.41. The van der Waals surface area contributed by atoms with E-state index in [4.69, 9.17) is 9.15 Å². The third-order valence-electron chi connectivity index (χ3n) is 6.75. The molecule has 0 aliphatic carbocycles. The molecule has 0 spiro atoms. The lowest BCUT2D eigenvalue weighted by molar-refractivity contribution is -0.116. The molecule has 186 valence electrons. The van der Waals surface area contributed by atoms with Crippen molar-refractivity contribution in [2.75, 3.05) is 6.61 Å². The van der Waals surface area contributed by atoms with Crippen LogP contribution < -0.4 is 10.1 Å². The molecule has 5 aromatic rings. The van der Waals surface area contributed by atoms with E-state index in [1.54, 1.807) is 6.08 Å². The summed E-state index contributed by atoms with van der Waals surface area (Å²) in [6.07, 6.45) is 3.46. The number of nitrogens with one attached hydrogen (secondary N) is 1. The van der Waals surface area contributed by atoms with E-state index >= 15 is 0 Å². The fourth-order valence-electron chi connectivity index (χ4n) is 4.74. The normalized spacial score (nSPS) is 11.7. The minimum absolute atomic E-state index is 0.139. The number of benzene rings is 4. The molecular weight excluding hydrogens is 458 g/mol. The van der Waals surface area contributed by atoms with E-state index in [9.17, 15) is 4.79 Å². The van der Waals surface area contributed by atoms with E-state index < -0.39 is 0 Å². The van der Waals surface area contributed by atoms with Gasteiger partial charge in [-0.15, -0.1) is 0 Å². The van der Waals surface area contributed by atoms with Crippen molar-refractivity contribution in [3.63, 3.8) is 0 Å². The van der Waals surface area contributed by atoms with Crippen LogP contribution in [0.4, 0.5) is 0 Å². The number of hydrogen-bond acceptors (Lipinski definition) is 3. The Bertz CT molecular complexity index is 1620. The van der Waals surface area contributed by atoms with Gasteiger partial charge in [0.25, 0.3) is 0 Å². The smallest absolute Gasteiger partial charge is 0.244 e. The maximum atomic E-state index is 12.8. The Morgan fingerprint density at radius 3 is 2.49 bits per heavy atom. The average molecular weight is 490 g/mol. The standard InChI is InChI=1S/C33H31NO3/c1-5-36-32-23(4)33-29(30(20-37-33)27-15-14-25-8-6-7-9-26(25)17-27)18-28(32)22(3)16-31(35)34-19-24-12-10-21(2)11-13-24/h6-18,20H,5,19H2,1-4H3,(H,34,35)/b22-16+. The molecule has 0 fully saturated rings. The van der Waals surface area contributed by atoms with Gasteiger partial charge in [-0.3, -0.25) is 4.79 Å². The highest BCUT2D eigenvalue weighted by molar-refractivity contribution is 6.02. The summed E-state index contributed by atoms with van der Waals surface area (Å²) in [6.45, 7) is 8.97. The number of rotatable bonds is 7. The highest BCUT2D eigenvalue weighted by atomic mass is 16.5. The number of allylic oxidation sites excluding steroid dienone is 1. The van der Waals surface area contributed by atoms with Crippen LogP contribution in [0.5, 0.6) is 5.75 Å². The summed E-state index contributed by atoms with van der Waals surface area (Å²) in [5.41, 5.74) is 7.81. The molecule has 0 unspecified atom stereocenters. The van der Waals surface area contributed by atoms with Crippen LogP contribution in [-0.4, -0.2) is 12.5 Å². The lowest BCUT2D eigenvalue weighted by Gasteiger charge is -2.15. The van der Waals surface area contributed by atoms with Crippen molar-refractivity contribution in [3.05, 3.63) is 107 Å². The molecule has 0 saturated carbocycles. The minimum atomic E-state index is -0.139. The van der Waals surface area contributed by atoms with E-state index in [1.807, 2.05) is 63.4 Å². The largest absolute Gasteiger partial charge is 0.493 e. The van der Waals surface area contributed by atoms with Gasteiger partial charge in [-0.2, -0.15) is 0 Å². The van der Waals surface area contributed by atoms with E-state index in [-0.39, 0.29) is 5.91 Å². The second-order valence-electron chi connectivity index (χ2n) is 9.43. The third-order valence-corrected chi connectivity index (χ3v) is 6.75. The quantitative estimate of drug-likeness (QED) is 0.236. The molecule has 4 heteroatoms. The molecule has 1 heterocycles. The monoisotopic (exact) mass is 489 g/mol. The summed E-state index contributed by atoms with van der Waals surface area (Å²) < 4.78 is 12.1. The van der Waals surface area contributed by atoms with Gasteiger partial charge in [-0.05, 0) is 67.3 Å². The second-order valence-corrected chi connectivity index (χ2v) is 9.43. The number of carbonyl (C=O) groups is 1. The average Bonchev–Trinajstić information content (AvgIpc) is 3.34. The number of aryl methyl sites for hydroxylation is 2. The number of amides is 1. The topological polar surface area (TPSA) is 51.5 Å². The van der Waals surface area contributed by atoms with Gasteiger partial charge >= 0.3 is 0 Å². The van der Waals surface area contributed by atoms with Crippen molar-refractivity contribution in [1.29, 1.82) is 0 Å². The predicted octanol–water partition coefficient (Wildman–Crippen LogP) is 7.99. The fraction of sp³-hybridized carbons (Fsp3) is 0.182. The molecule has 0 radical (unpaired) electrons. The predicted molar refractivity (Wildman–Crippen MR) is 152 cm³/mol. The first kappa shape index (κ1) is 24.4. The van der Waals surface area contributed by atoms with Gasteiger partial charge in [0.1, 0.15) is 11.3 Å². The third kappa shape index (κ3) is 5.01. The number of furan rings is 1. The van der Waals surface area contributed by atoms with Gasteiger partial charge in [0, 0.05) is 34.7 Å². The van der Waals surface area contributed by atoms with E-state index in [1.165, 1.54) is 16.3 Å².